The zero-order chi connectivity index (χ0) is 15.2. The minimum Gasteiger partial charge on any atom is -0.370 e. The normalized spacial score (nSPS) is 19.0. The van der Waals surface area contributed by atoms with Crippen molar-refractivity contribution in [1.82, 2.24) is 10.2 Å². The number of benzene rings is 1. The second-order valence-corrected chi connectivity index (χ2v) is 5.59. The van der Waals surface area contributed by atoms with Gasteiger partial charge in [-0.3, -0.25) is 4.90 Å². The van der Waals surface area contributed by atoms with Gasteiger partial charge >= 0.3 is 0 Å². The molecule has 1 aromatic carbocycles. The van der Waals surface area contributed by atoms with Crippen LogP contribution in [-0.4, -0.2) is 36.5 Å². The lowest BCUT2D eigenvalue weighted by atomic mass is 10.1. The zero-order valence-corrected chi connectivity index (χ0v) is 15.6. The average Bonchev–Trinajstić information content (AvgIpc) is 2.94. The summed E-state index contributed by atoms with van der Waals surface area (Å²) in [5.41, 5.74) is 7.36. The number of guanidine groups is 1. The molecule has 1 saturated heterocycles. The van der Waals surface area contributed by atoms with Gasteiger partial charge in [0.25, 0.3) is 0 Å². The molecular formula is C16H26FIN4. The maximum atomic E-state index is 13.4. The molecule has 1 atom stereocenters. The van der Waals surface area contributed by atoms with Gasteiger partial charge in [-0.15, -0.1) is 24.0 Å². The molecule has 124 valence electrons. The summed E-state index contributed by atoms with van der Waals surface area (Å²) < 4.78 is 13.4. The number of hydrogen-bond acceptors (Lipinski definition) is 2. The molecule has 1 aliphatic heterocycles. The van der Waals surface area contributed by atoms with Gasteiger partial charge in [0.1, 0.15) is 5.82 Å². The monoisotopic (exact) mass is 420 g/mol. The van der Waals surface area contributed by atoms with Crippen LogP contribution in [0.3, 0.4) is 0 Å². The van der Waals surface area contributed by atoms with Crippen LogP contribution >= 0.6 is 24.0 Å². The molecule has 0 spiro atoms. The van der Waals surface area contributed by atoms with Crippen molar-refractivity contribution in [3.05, 3.63) is 35.1 Å². The average molecular weight is 420 g/mol. The molecule has 1 heterocycles. The van der Waals surface area contributed by atoms with E-state index in [4.69, 9.17) is 5.73 Å². The van der Waals surface area contributed by atoms with E-state index in [1.165, 1.54) is 25.5 Å². The third-order valence-corrected chi connectivity index (χ3v) is 4.09. The fraction of sp³-hybridized carbons (Fsp3) is 0.562. The minimum absolute atomic E-state index is 0. The highest BCUT2D eigenvalue weighted by Crippen LogP contribution is 2.15. The van der Waals surface area contributed by atoms with Gasteiger partial charge in [0.05, 0.1) is 6.54 Å². The van der Waals surface area contributed by atoms with E-state index in [1.54, 1.807) is 13.0 Å². The smallest absolute Gasteiger partial charge is 0.188 e. The van der Waals surface area contributed by atoms with Crippen LogP contribution in [0.5, 0.6) is 0 Å². The molecule has 0 amide bonds. The first kappa shape index (κ1) is 19.2. The first-order chi connectivity index (χ1) is 10.1. The Morgan fingerprint density at radius 1 is 1.50 bits per heavy atom. The van der Waals surface area contributed by atoms with Gasteiger partial charge in [-0.25, -0.2) is 9.38 Å². The van der Waals surface area contributed by atoms with Crippen molar-refractivity contribution >= 4 is 29.9 Å². The number of likely N-dealkylation sites (tertiary alicyclic amines) is 1. The van der Waals surface area contributed by atoms with Gasteiger partial charge in [-0.2, -0.15) is 0 Å². The van der Waals surface area contributed by atoms with E-state index in [1.807, 2.05) is 6.07 Å². The first-order valence-electron chi connectivity index (χ1n) is 7.63. The topological polar surface area (TPSA) is 53.6 Å². The number of nitrogens with zero attached hydrogens (tertiary/aromatic N) is 2. The fourth-order valence-corrected chi connectivity index (χ4v) is 2.73. The molecular weight excluding hydrogens is 394 g/mol. The maximum Gasteiger partial charge on any atom is 0.188 e. The van der Waals surface area contributed by atoms with Crippen molar-refractivity contribution in [2.75, 3.05) is 19.6 Å². The molecule has 3 N–H and O–H groups in total. The summed E-state index contributed by atoms with van der Waals surface area (Å²) >= 11 is 0. The second-order valence-electron chi connectivity index (χ2n) is 5.59. The third-order valence-electron chi connectivity index (χ3n) is 4.09. The summed E-state index contributed by atoms with van der Waals surface area (Å²) in [4.78, 5) is 6.73. The van der Waals surface area contributed by atoms with E-state index in [0.717, 1.165) is 18.7 Å². The molecule has 0 saturated carbocycles. The number of aliphatic imine (C=N–C) groups is 1. The Morgan fingerprint density at radius 2 is 2.27 bits per heavy atom. The predicted molar refractivity (Wildman–Crippen MR) is 100 cm³/mol. The lowest BCUT2D eigenvalue weighted by molar-refractivity contribution is 0.267. The summed E-state index contributed by atoms with van der Waals surface area (Å²) in [5.74, 6) is 0.234. The Morgan fingerprint density at radius 3 is 2.95 bits per heavy atom. The molecule has 0 radical (unpaired) electrons. The van der Waals surface area contributed by atoms with Gasteiger partial charge < -0.3 is 11.1 Å². The number of nitrogens with one attached hydrogen (secondary N) is 1. The summed E-state index contributed by atoms with van der Waals surface area (Å²) in [7, 11) is 0. The summed E-state index contributed by atoms with van der Waals surface area (Å²) in [6, 6.07) is 5.70. The summed E-state index contributed by atoms with van der Waals surface area (Å²) in [6.07, 6.45) is 2.46. The minimum atomic E-state index is -0.196. The van der Waals surface area contributed by atoms with Crippen LogP contribution in [0.2, 0.25) is 0 Å². The van der Waals surface area contributed by atoms with Crippen molar-refractivity contribution in [3.63, 3.8) is 0 Å². The molecule has 1 aliphatic rings. The Kier molecular flexibility index (Phi) is 8.09. The highest BCUT2D eigenvalue weighted by molar-refractivity contribution is 14.0. The fourth-order valence-electron chi connectivity index (χ4n) is 2.73. The van der Waals surface area contributed by atoms with Crippen LogP contribution in [0.25, 0.3) is 0 Å². The van der Waals surface area contributed by atoms with E-state index in [0.29, 0.717) is 24.1 Å². The molecule has 1 fully saturated rings. The van der Waals surface area contributed by atoms with Gasteiger partial charge in [0.15, 0.2) is 5.96 Å². The number of rotatable bonds is 5. The van der Waals surface area contributed by atoms with E-state index in [-0.39, 0.29) is 29.8 Å². The van der Waals surface area contributed by atoms with Crippen LogP contribution in [0.15, 0.2) is 23.2 Å². The largest absolute Gasteiger partial charge is 0.370 e. The third kappa shape index (κ3) is 5.39. The summed E-state index contributed by atoms with van der Waals surface area (Å²) in [5, 5.41) is 3.18. The lowest BCUT2D eigenvalue weighted by Crippen LogP contribution is -2.42. The Bertz CT molecular complexity index is 507. The first-order valence-corrected chi connectivity index (χ1v) is 7.63. The molecule has 0 aromatic heterocycles. The van der Waals surface area contributed by atoms with Crippen molar-refractivity contribution < 1.29 is 4.39 Å². The van der Waals surface area contributed by atoms with E-state index in [9.17, 15) is 4.39 Å². The van der Waals surface area contributed by atoms with E-state index in [2.05, 4.69) is 22.1 Å². The van der Waals surface area contributed by atoms with Crippen LogP contribution < -0.4 is 11.1 Å². The Labute approximate surface area is 149 Å². The Hall–Kier alpha value is -0.890. The predicted octanol–water partition coefficient (Wildman–Crippen LogP) is 2.64. The zero-order valence-electron chi connectivity index (χ0n) is 13.3. The maximum absolute atomic E-state index is 13.4. The molecule has 0 aliphatic carbocycles. The molecule has 0 bridgehead atoms. The Balaban J connectivity index is 0.00000242. The molecule has 6 heteroatoms. The quantitative estimate of drug-likeness (QED) is 0.438. The SMILES string of the molecule is CCN1CCCC1CNC(N)=NCc1ccc(C)c(F)c1.I. The van der Waals surface area contributed by atoms with Crippen LogP contribution in [0, 0.1) is 12.7 Å². The highest BCUT2D eigenvalue weighted by atomic mass is 127. The number of halogens is 2. The van der Waals surface area contributed by atoms with Gasteiger partial charge in [-0.1, -0.05) is 19.1 Å². The standard InChI is InChI=1S/C16H25FN4.HI/c1-3-21-8-4-5-14(21)11-20-16(18)19-10-13-7-6-12(2)15(17)9-13;/h6-7,9,14H,3-5,8,10-11H2,1-2H3,(H3,18,19,20);1H. The van der Waals surface area contributed by atoms with Crippen LogP contribution in [0.4, 0.5) is 4.39 Å². The van der Waals surface area contributed by atoms with Crippen molar-refractivity contribution in [1.29, 1.82) is 0 Å². The van der Waals surface area contributed by atoms with Crippen LogP contribution in [-0.2, 0) is 6.54 Å². The van der Waals surface area contributed by atoms with Crippen molar-refractivity contribution in [3.8, 4) is 0 Å². The van der Waals surface area contributed by atoms with Crippen molar-refractivity contribution in [2.45, 2.75) is 39.3 Å². The second kappa shape index (κ2) is 9.29. The number of nitrogens with two attached hydrogens (primary N) is 1. The molecule has 1 unspecified atom stereocenters. The molecule has 1 aromatic rings. The molecule has 2 rings (SSSR count). The molecule has 22 heavy (non-hydrogen) atoms. The van der Waals surface area contributed by atoms with Gasteiger partial charge in [0.2, 0.25) is 0 Å². The number of aryl methyl sites for hydroxylation is 1. The summed E-state index contributed by atoms with van der Waals surface area (Å²) in [6.45, 7) is 7.40. The highest BCUT2D eigenvalue weighted by Gasteiger charge is 2.22. The van der Waals surface area contributed by atoms with Gasteiger partial charge in [0, 0.05) is 12.6 Å². The van der Waals surface area contributed by atoms with Crippen molar-refractivity contribution in [2.24, 2.45) is 10.7 Å². The molecule has 4 nitrogen and oxygen atoms in total. The van der Waals surface area contributed by atoms with E-state index < -0.39 is 0 Å². The van der Waals surface area contributed by atoms with Crippen LogP contribution in [0.1, 0.15) is 30.9 Å². The van der Waals surface area contributed by atoms with Gasteiger partial charge in [-0.05, 0) is 50.0 Å². The lowest BCUT2D eigenvalue weighted by Gasteiger charge is -2.23. The van der Waals surface area contributed by atoms with E-state index >= 15 is 0 Å². The number of hydrogen-bond donors (Lipinski definition) is 2. The number of likely N-dealkylation sites (N-methyl/N-ethyl adjacent to an activating group) is 1.